The Morgan fingerprint density at radius 2 is 2.09 bits per heavy atom. The fourth-order valence-corrected chi connectivity index (χ4v) is 4.67. The van der Waals surface area contributed by atoms with E-state index in [0.29, 0.717) is 23.9 Å². The number of benzene rings is 1. The molecule has 0 saturated heterocycles. The lowest BCUT2D eigenvalue weighted by molar-refractivity contribution is -0.144. The summed E-state index contributed by atoms with van der Waals surface area (Å²) in [7, 11) is 1.36. The van der Waals surface area contributed by atoms with Crippen LogP contribution in [0.2, 0.25) is 5.02 Å². The highest BCUT2D eigenvalue weighted by Gasteiger charge is 2.22. The number of aromatic nitrogens is 3. The molecule has 9 heteroatoms. The van der Waals surface area contributed by atoms with Crippen molar-refractivity contribution < 1.29 is 9.53 Å². The van der Waals surface area contributed by atoms with E-state index in [1.807, 2.05) is 25.1 Å². The number of hydrogen-bond donors (Lipinski definition) is 2. The summed E-state index contributed by atoms with van der Waals surface area (Å²) in [6.45, 7) is 6.66. The molecule has 3 aromatic rings. The highest BCUT2D eigenvalue weighted by Crippen LogP contribution is 2.34. The van der Waals surface area contributed by atoms with Gasteiger partial charge in [-0.3, -0.25) is 4.79 Å². The minimum Gasteiger partial charge on any atom is -0.469 e. The molecule has 2 N–H and O–H groups in total. The summed E-state index contributed by atoms with van der Waals surface area (Å²) in [5, 5.41) is 4.75. The molecule has 0 bridgehead atoms. The number of hydrogen-bond acceptors (Lipinski definition) is 7. The summed E-state index contributed by atoms with van der Waals surface area (Å²) in [5.41, 5.74) is 3.23. The number of methoxy groups -OCH3 is 1. The quantitative estimate of drug-likeness (QED) is 0.443. The fourth-order valence-electron chi connectivity index (χ4n) is 3.28. The van der Waals surface area contributed by atoms with Crippen molar-refractivity contribution in [3.63, 3.8) is 0 Å². The molecule has 0 saturated carbocycles. The van der Waals surface area contributed by atoms with Crippen LogP contribution in [0.15, 0.2) is 35.4 Å². The molecule has 0 radical (unpaired) electrons. The number of carbonyl (C=O) groups is 1. The number of thiazole rings is 1. The molecule has 1 unspecified atom stereocenters. The molecule has 0 spiro atoms. The van der Waals surface area contributed by atoms with Crippen LogP contribution >= 0.6 is 22.9 Å². The van der Waals surface area contributed by atoms with Crippen molar-refractivity contribution in [3.8, 4) is 11.3 Å². The zero-order valence-electron chi connectivity index (χ0n) is 18.6. The number of aromatic amines is 1. The van der Waals surface area contributed by atoms with E-state index in [0.717, 1.165) is 33.9 Å². The van der Waals surface area contributed by atoms with Gasteiger partial charge in [0, 0.05) is 34.4 Å². The number of halogens is 1. The summed E-state index contributed by atoms with van der Waals surface area (Å²) in [4.78, 5) is 35.8. The highest BCUT2D eigenvalue weighted by atomic mass is 35.5. The molecule has 0 amide bonds. The Morgan fingerprint density at radius 1 is 1.31 bits per heavy atom. The van der Waals surface area contributed by atoms with Crippen LogP contribution in [0.3, 0.4) is 0 Å². The van der Waals surface area contributed by atoms with Gasteiger partial charge in [-0.05, 0) is 42.9 Å². The molecule has 32 heavy (non-hydrogen) atoms. The number of esters is 1. The molecule has 0 aliphatic rings. The maximum atomic E-state index is 12.3. The van der Waals surface area contributed by atoms with Gasteiger partial charge in [0.2, 0.25) is 0 Å². The lowest BCUT2D eigenvalue weighted by Gasteiger charge is -2.14. The first kappa shape index (κ1) is 23.9. The Labute approximate surface area is 196 Å². The zero-order chi connectivity index (χ0) is 23.3. The Hall–Kier alpha value is -2.71. The van der Waals surface area contributed by atoms with Crippen molar-refractivity contribution in [2.45, 2.75) is 33.6 Å². The van der Waals surface area contributed by atoms with E-state index >= 15 is 0 Å². The number of nitrogens with one attached hydrogen (secondary N) is 2. The normalized spacial score (nSPS) is 12.1. The van der Waals surface area contributed by atoms with Gasteiger partial charge in [0.05, 0.1) is 18.7 Å². The van der Waals surface area contributed by atoms with Crippen LogP contribution in [0, 0.1) is 18.8 Å². The predicted molar refractivity (Wildman–Crippen MR) is 128 cm³/mol. The summed E-state index contributed by atoms with van der Waals surface area (Å²) in [6, 6.07) is 5.97. The van der Waals surface area contributed by atoms with Crippen molar-refractivity contribution in [1.29, 1.82) is 0 Å². The lowest BCUT2D eigenvalue weighted by Crippen LogP contribution is -2.27. The fraction of sp³-hybridized carbons (Fsp3) is 0.391. The molecule has 170 valence electrons. The second-order valence-corrected chi connectivity index (χ2v) is 9.58. The average molecular weight is 475 g/mol. The number of rotatable bonds is 9. The van der Waals surface area contributed by atoms with E-state index in [9.17, 15) is 9.59 Å². The number of nitrogens with zero attached hydrogens (tertiary/aromatic N) is 2. The SMILES string of the molecule is COC(=O)C(CNc1nc(-c2ccc(C)c(Cl)c2)c(CC(C)C)s1)Cc1cnc(=O)[nH]c1. The summed E-state index contributed by atoms with van der Waals surface area (Å²) in [6.07, 6.45) is 4.31. The third kappa shape index (κ3) is 6.17. The van der Waals surface area contributed by atoms with Crippen molar-refractivity contribution in [2.24, 2.45) is 11.8 Å². The minimum absolute atomic E-state index is 0.340. The molecular formula is C23H27ClN4O3S. The molecular weight excluding hydrogens is 448 g/mol. The van der Waals surface area contributed by atoms with Gasteiger partial charge in [0.1, 0.15) is 0 Å². The third-order valence-electron chi connectivity index (χ3n) is 4.98. The summed E-state index contributed by atoms with van der Waals surface area (Å²) >= 11 is 7.94. The maximum Gasteiger partial charge on any atom is 0.344 e. The van der Waals surface area contributed by atoms with Gasteiger partial charge in [-0.15, -0.1) is 11.3 Å². The molecule has 2 aromatic heterocycles. The molecule has 2 heterocycles. The van der Waals surface area contributed by atoms with E-state index < -0.39 is 11.6 Å². The van der Waals surface area contributed by atoms with Crippen LogP contribution in [0.5, 0.6) is 0 Å². The summed E-state index contributed by atoms with van der Waals surface area (Å²) < 4.78 is 4.97. The van der Waals surface area contributed by atoms with Gasteiger partial charge in [-0.2, -0.15) is 0 Å². The number of H-pyrrole nitrogens is 1. The van der Waals surface area contributed by atoms with E-state index in [-0.39, 0.29) is 5.97 Å². The van der Waals surface area contributed by atoms with Gasteiger partial charge in [0.15, 0.2) is 5.13 Å². The maximum absolute atomic E-state index is 12.3. The van der Waals surface area contributed by atoms with E-state index in [1.54, 1.807) is 17.5 Å². The van der Waals surface area contributed by atoms with Gasteiger partial charge < -0.3 is 15.0 Å². The van der Waals surface area contributed by atoms with Crippen LogP contribution < -0.4 is 11.0 Å². The first-order valence-electron chi connectivity index (χ1n) is 10.4. The topological polar surface area (TPSA) is 97.0 Å². The van der Waals surface area contributed by atoms with E-state index in [1.165, 1.54) is 18.2 Å². The highest BCUT2D eigenvalue weighted by molar-refractivity contribution is 7.16. The number of anilines is 1. The molecule has 1 atom stereocenters. The van der Waals surface area contributed by atoms with Crippen molar-refractivity contribution >= 4 is 34.0 Å². The Kier molecular flexibility index (Phi) is 8.04. The first-order chi connectivity index (χ1) is 15.3. The lowest BCUT2D eigenvalue weighted by atomic mass is 10.0. The Balaban J connectivity index is 1.82. The molecule has 7 nitrogen and oxygen atoms in total. The molecule has 0 aliphatic carbocycles. The molecule has 0 aliphatic heterocycles. The largest absolute Gasteiger partial charge is 0.469 e. The smallest absolute Gasteiger partial charge is 0.344 e. The van der Waals surface area contributed by atoms with Gasteiger partial charge in [-0.1, -0.05) is 37.6 Å². The number of ether oxygens (including phenoxy) is 1. The number of carbonyl (C=O) groups excluding carboxylic acids is 1. The van der Waals surface area contributed by atoms with Gasteiger partial charge >= 0.3 is 11.7 Å². The Bertz CT molecular complexity index is 1120. The van der Waals surface area contributed by atoms with Crippen LogP contribution in [0.4, 0.5) is 5.13 Å². The van der Waals surface area contributed by atoms with Crippen molar-refractivity contribution in [3.05, 3.63) is 62.1 Å². The van der Waals surface area contributed by atoms with Gasteiger partial charge in [0.25, 0.3) is 0 Å². The van der Waals surface area contributed by atoms with E-state index in [4.69, 9.17) is 21.3 Å². The second-order valence-electron chi connectivity index (χ2n) is 8.08. The second kappa shape index (κ2) is 10.7. The zero-order valence-corrected chi connectivity index (χ0v) is 20.1. The van der Waals surface area contributed by atoms with Crippen molar-refractivity contribution in [1.82, 2.24) is 15.0 Å². The van der Waals surface area contributed by atoms with Crippen LogP contribution in [-0.2, 0) is 22.4 Å². The van der Waals surface area contributed by atoms with Crippen LogP contribution in [-0.4, -0.2) is 34.6 Å². The monoisotopic (exact) mass is 474 g/mol. The number of aryl methyl sites for hydroxylation is 1. The van der Waals surface area contributed by atoms with Crippen molar-refractivity contribution in [2.75, 3.05) is 19.0 Å². The predicted octanol–water partition coefficient (Wildman–Crippen LogP) is 4.50. The van der Waals surface area contributed by atoms with Gasteiger partial charge in [-0.25, -0.2) is 14.8 Å². The first-order valence-corrected chi connectivity index (χ1v) is 11.6. The third-order valence-corrected chi connectivity index (χ3v) is 6.42. The van der Waals surface area contributed by atoms with E-state index in [2.05, 4.69) is 29.1 Å². The minimum atomic E-state index is -0.456. The Morgan fingerprint density at radius 3 is 2.72 bits per heavy atom. The summed E-state index contributed by atoms with van der Waals surface area (Å²) in [5.74, 6) is -0.325. The van der Waals surface area contributed by atoms with Crippen LogP contribution in [0.1, 0.15) is 29.9 Å². The standard InChI is InChI=1S/C23H27ClN4O3S/c1-13(2)7-19-20(16-6-5-14(3)18(24)9-16)28-23(32-19)27-12-17(21(29)31-4)8-15-10-25-22(30)26-11-15/h5-6,9-11,13,17H,7-8,12H2,1-4H3,(H,27,28)(H,25,26,30). The molecule has 1 aromatic carbocycles. The molecule has 3 rings (SSSR count). The van der Waals surface area contributed by atoms with Crippen LogP contribution in [0.25, 0.3) is 11.3 Å². The molecule has 0 fully saturated rings. The average Bonchev–Trinajstić information content (AvgIpc) is 3.15.